The smallest absolute Gasteiger partial charge is 0.311 e. The molecule has 0 unspecified atom stereocenters. The van der Waals surface area contributed by atoms with E-state index >= 15 is 0 Å². The first kappa shape index (κ1) is 21.6. The standard InChI is InChI=1S/C26H25FN2O4/c1-33-26(32)23-20(15-30)22-14-29-21(24(23)28(22)13-16-6-3-2-4-7-16)11-10-19(25(29)31)17-8-5-9-18(27)12-17/h2-12,20,22-24,30H,13-15H2,1H3/t20-,22-,23+,24+/m1/s1. The van der Waals surface area contributed by atoms with E-state index in [-0.39, 0.29) is 24.1 Å². The normalized spacial score (nSPS) is 23.8. The molecule has 1 N–H and O–H groups in total. The van der Waals surface area contributed by atoms with E-state index in [4.69, 9.17) is 4.74 Å². The average molecular weight is 448 g/mol. The van der Waals surface area contributed by atoms with Crippen molar-refractivity contribution in [3.63, 3.8) is 0 Å². The van der Waals surface area contributed by atoms with Crippen molar-refractivity contribution in [3.05, 3.63) is 94.2 Å². The van der Waals surface area contributed by atoms with Crippen molar-refractivity contribution in [2.24, 2.45) is 11.8 Å². The zero-order valence-electron chi connectivity index (χ0n) is 18.2. The Labute approximate surface area is 190 Å². The summed E-state index contributed by atoms with van der Waals surface area (Å²) in [6, 6.07) is 18.8. The molecule has 2 bridgehead atoms. The molecule has 1 saturated heterocycles. The summed E-state index contributed by atoms with van der Waals surface area (Å²) in [5, 5.41) is 10.3. The van der Waals surface area contributed by atoms with Gasteiger partial charge in [-0.15, -0.1) is 0 Å². The van der Waals surface area contributed by atoms with Gasteiger partial charge < -0.3 is 14.4 Å². The zero-order chi connectivity index (χ0) is 23.1. The summed E-state index contributed by atoms with van der Waals surface area (Å²) in [5.41, 5.74) is 2.48. The third-order valence-corrected chi connectivity index (χ3v) is 6.99. The minimum Gasteiger partial charge on any atom is -0.469 e. The maximum Gasteiger partial charge on any atom is 0.311 e. The number of hydrogen-bond donors (Lipinski definition) is 1. The van der Waals surface area contributed by atoms with Crippen LogP contribution >= 0.6 is 0 Å². The van der Waals surface area contributed by atoms with Crippen LogP contribution in [0, 0.1) is 17.7 Å². The Hall–Kier alpha value is -3.29. The molecule has 1 fully saturated rings. The molecule has 3 heterocycles. The second-order valence-electron chi connectivity index (χ2n) is 8.66. The lowest BCUT2D eigenvalue weighted by molar-refractivity contribution is -0.148. The van der Waals surface area contributed by atoms with Crippen LogP contribution in [0.1, 0.15) is 17.3 Å². The van der Waals surface area contributed by atoms with Crippen LogP contribution in [0.25, 0.3) is 11.1 Å². The number of aromatic nitrogens is 1. The Kier molecular flexibility index (Phi) is 5.60. The molecule has 3 aromatic rings. The Morgan fingerprint density at radius 2 is 1.91 bits per heavy atom. The summed E-state index contributed by atoms with van der Waals surface area (Å²) in [7, 11) is 1.35. The van der Waals surface area contributed by atoms with Crippen LogP contribution in [-0.2, 0) is 22.6 Å². The highest BCUT2D eigenvalue weighted by molar-refractivity contribution is 5.75. The Morgan fingerprint density at radius 3 is 2.61 bits per heavy atom. The summed E-state index contributed by atoms with van der Waals surface area (Å²) in [6.07, 6.45) is 0. The first-order chi connectivity index (χ1) is 16.0. The van der Waals surface area contributed by atoms with E-state index in [1.165, 1.54) is 19.2 Å². The van der Waals surface area contributed by atoms with Crippen LogP contribution in [0.5, 0.6) is 0 Å². The van der Waals surface area contributed by atoms with Crippen LogP contribution in [0.3, 0.4) is 0 Å². The number of hydrogen-bond acceptors (Lipinski definition) is 5. The Morgan fingerprint density at radius 1 is 1.12 bits per heavy atom. The van der Waals surface area contributed by atoms with Gasteiger partial charge in [-0.2, -0.15) is 0 Å². The fourth-order valence-electron chi connectivity index (χ4n) is 5.51. The number of nitrogens with zero attached hydrogens (tertiary/aromatic N) is 2. The van der Waals surface area contributed by atoms with Crippen molar-refractivity contribution < 1.29 is 19.0 Å². The maximum atomic E-state index is 13.8. The summed E-state index contributed by atoms with van der Waals surface area (Å²) >= 11 is 0. The second kappa shape index (κ2) is 8.57. The minimum atomic E-state index is -0.595. The van der Waals surface area contributed by atoms with Gasteiger partial charge in [-0.25, -0.2) is 4.39 Å². The molecule has 170 valence electrons. The van der Waals surface area contributed by atoms with Crippen LogP contribution in [0.4, 0.5) is 4.39 Å². The molecule has 33 heavy (non-hydrogen) atoms. The summed E-state index contributed by atoms with van der Waals surface area (Å²) in [5.74, 6) is -1.77. The van der Waals surface area contributed by atoms with Crippen LogP contribution in [0.2, 0.25) is 0 Å². The van der Waals surface area contributed by atoms with Crippen LogP contribution in [-0.4, -0.2) is 40.3 Å². The van der Waals surface area contributed by atoms with Gasteiger partial charge in [-0.1, -0.05) is 42.5 Å². The predicted octanol–water partition coefficient (Wildman–Crippen LogP) is 2.99. The number of benzene rings is 2. The molecule has 0 spiro atoms. The van der Waals surface area contributed by atoms with Gasteiger partial charge in [0.15, 0.2) is 0 Å². The molecule has 1 aromatic heterocycles. The van der Waals surface area contributed by atoms with Gasteiger partial charge in [0.2, 0.25) is 0 Å². The number of aliphatic hydroxyl groups excluding tert-OH is 1. The molecule has 4 atom stereocenters. The van der Waals surface area contributed by atoms with Crippen molar-refractivity contribution in [3.8, 4) is 11.1 Å². The lowest BCUT2D eigenvalue weighted by atomic mass is 9.87. The monoisotopic (exact) mass is 448 g/mol. The molecule has 0 aliphatic carbocycles. The number of methoxy groups -OCH3 is 1. The third-order valence-electron chi connectivity index (χ3n) is 6.99. The van der Waals surface area contributed by atoms with Crippen molar-refractivity contribution in [2.75, 3.05) is 13.7 Å². The molecular formula is C26H25FN2O4. The quantitative estimate of drug-likeness (QED) is 0.608. The number of ether oxygens (including phenoxy) is 1. The van der Waals surface area contributed by atoms with Gasteiger partial charge in [0.25, 0.3) is 5.56 Å². The average Bonchev–Trinajstić information content (AvgIpc) is 3.03. The zero-order valence-corrected chi connectivity index (χ0v) is 18.2. The van der Waals surface area contributed by atoms with Gasteiger partial charge in [-0.05, 0) is 35.4 Å². The Bertz CT molecular complexity index is 1240. The number of esters is 1. The number of carbonyl (C=O) groups excluding carboxylic acids is 1. The van der Waals surface area contributed by atoms with Crippen LogP contribution in [0.15, 0.2) is 71.5 Å². The topological polar surface area (TPSA) is 71.8 Å². The van der Waals surface area contributed by atoms with Gasteiger partial charge in [0.1, 0.15) is 5.82 Å². The lowest BCUT2D eigenvalue weighted by Crippen LogP contribution is -2.46. The third kappa shape index (κ3) is 3.57. The highest BCUT2D eigenvalue weighted by Crippen LogP contribution is 2.49. The van der Waals surface area contributed by atoms with Gasteiger partial charge >= 0.3 is 5.97 Å². The molecule has 2 aliphatic heterocycles. The number of pyridine rings is 1. The van der Waals surface area contributed by atoms with Crippen LogP contribution < -0.4 is 5.56 Å². The molecule has 7 heteroatoms. The maximum absolute atomic E-state index is 13.8. The van der Waals surface area contributed by atoms with E-state index in [1.54, 1.807) is 22.8 Å². The molecule has 0 saturated carbocycles. The van der Waals surface area contributed by atoms with Gasteiger partial charge in [-0.3, -0.25) is 14.5 Å². The van der Waals surface area contributed by atoms with Crippen molar-refractivity contribution >= 4 is 5.97 Å². The molecule has 0 amide bonds. The van der Waals surface area contributed by atoms with Crippen molar-refractivity contribution in [2.45, 2.75) is 25.2 Å². The Balaban J connectivity index is 1.64. The SMILES string of the molecule is COC(=O)[C@H]1[C@H](CO)[C@H]2Cn3c(ccc(-c4cccc(F)c4)c3=O)[C@@H]1N2Cc1ccccc1. The number of aliphatic hydroxyl groups is 1. The second-order valence-corrected chi connectivity index (χ2v) is 8.66. The minimum absolute atomic E-state index is 0.189. The predicted molar refractivity (Wildman–Crippen MR) is 121 cm³/mol. The van der Waals surface area contributed by atoms with E-state index in [2.05, 4.69) is 4.90 Å². The van der Waals surface area contributed by atoms with Crippen molar-refractivity contribution in [1.82, 2.24) is 9.47 Å². The fourth-order valence-corrected chi connectivity index (χ4v) is 5.51. The highest BCUT2D eigenvalue weighted by atomic mass is 19.1. The summed E-state index contributed by atoms with van der Waals surface area (Å²) < 4.78 is 20.6. The fraction of sp³-hybridized carbons (Fsp3) is 0.308. The molecule has 2 aliphatic rings. The first-order valence-corrected chi connectivity index (χ1v) is 11.0. The molecule has 2 aromatic carbocycles. The largest absolute Gasteiger partial charge is 0.469 e. The molecule has 5 rings (SSSR count). The summed E-state index contributed by atoms with van der Waals surface area (Å²) in [6.45, 7) is 0.727. The number of halogens is 1. The van der Waals surface area contributed by atoms with E-state index in [0.29, 0.717) is 29.9 Å². The van der Waals surface area contributed by atoms with E-state index < -0.39 is 23.7 Å². The first-order valence-electron chi connectivity index (χ1n) is 11.0. The molecule has 6 nitrogen and oxygen atoms in total. The van der Waals surface area contributed by atoms with E-state index in [1.807, 2.05) is 36.4 Å². The van der Waals surface area contributed by atoms with Gasteiger partial charge in [0, 0.05) is 42.9 Å². The lowest BCUT2D eigenvalue weighted by Gasteiger charge is -2.38. The van der Waals surface area contributed by atoms with E-state index in [0.717, 1.165) is 5.56 Å². The van der Waals surface area contributed by atoms with Crippen molar-refractivity contribution in [1.29, 1.82) is 0 Å². The number of carbonyl (C=O) groups is 1. The van der Waals surface area contributed by atoms with Gasteiger partial charge in [0.05, 0.1) is 19.1 Å². The summed E-state index contributed by atoms with van der Waals surface area (Å²) in [4.78, 5) is 28.6. The highest BCUT2D eigenvalue weighted by Gasteiger charge is 2.56. The molecular weight excluding hydrogens is 423 g/mol. The number of fused-ring (bicyclic) bond motifs is 4. The molecule has 0 radical (unpaired) electrons. The van der Waals surface area contributed by atoms with E-state index in [9.17, 15) is 19.1 Å². The number of rotatable bonds is 5.